The molecule has 0 spiro atoms. The number of rotatable bonds is 4. The monoisotopic (exact) mass is 314 g/mol. The van der Waals surface area contributed by atoms with Crippen LogP contribution in [0, 0.1) is 0 Å². The first-order valence-corrected chi connectivity index (χ1v) is 6.09. The molecule has 1 aromatic heterocycles. The van der Waals surface area contributed by atoms with E-state index >= 15 is 0 Å². The maximum Gasteiger partial charge on any atom is 0.327 e. The van der Waals surface area contributed by atoms with Crippen molar-refractivity contribution in [3.8, 4) is 0 Å². The highest BCUT2D eigenvalue weighted by Gasteiger charge is 2.13. The summed E-state index contributed by atoms with van der Waals surface area (Å²) in [5.74, 6) is -1.45. The molecule has 0 radical (unpaired) electrons. The van der Waals surface area contributed by atoms with Crippen molar-refractivity contribution in [1.29, 1.82) is 0 Å². The van der Waals surface area contributed by atoms with E-state index in [9.17, 15) is 9.59 Å². The number of carboxylic acids is 1. The van der Waals surface area contributed by atoms with Crippen molar-refractivity contribution >= 4 is 40.9 Å². The zero-order valence-corrected chi connectivity index (χ0v) is 11.4. The standard InChI is InChI=1S/C11H8Cl2N4O3/c12-6-1-2-7(8(13)3-6)11(20)15-9-4-14-17(16-9)5-10(18)19/h1-4H,5H2,(H,18,19)(H,15,16,20). The number of halogens is 2. The molecular formula is C11H8Cl2N4O3. The molecule has 104 valence electrons. The summed E-state index contributed by atoms with van der Waals surface area (Å²) in [5, 5.41) is 19.1. The van der Waals surface area contributed by atoms with Crippen LogP contribution in [0.2, 0.25) is 10.0 Å². The third kappa shape index (κ3) is 3.46. The van der Waals surface area contributed by atoms with Crippen LogP contribution in [0.25, 0.3) is 0 Å². The van der Waals surface area contributed by atoms with Gasteiger partial charge in [-0.25, -0.2) is 0 Å². The molecule has 0 bridgehead atoms. The first kappa shape index (κ1) is 14.3. The molecule has 0 aliphatic rings. The van der Waals surface area contributed by atoms with Crippen molar-refractivity contribution in [2.45, 2.75) is 6.54 Å². The van der Waals surface area contributed by atoms with Gasteiger partial charge in [0.15, 0.2) is 12.4 Å². The molecule has 7 nitrogen and oxygen atoms in total. The molecule has 2 N–H and O–H groups in total. The number of nitrogens with one attached hydrogen (secondary N) is 1. The minimum atomic E-state index is -1.08. The Morgan fingerprint density at radius 1 is 1.35 bits per heavy atom. The average Bonchev–Trinajstić information content (AvgIpc) is 2.75. The van der Waals surface area contributed by atoms with Crippen LogP contribution in [-0.4, -0.2) is 32.0 Å². The summed E-state index contributed by atoms with van der Waals surface area (Å²) in [6.07, 6.45) is 1.24. The highest BCUT2D eigenvalue weighted by Crippen LogP contribution is 2.21. The molecule has 1 aromatic carbocycles. The minimum absolute atomic E-state index is 0.127. The van der Waals surface area contributed by atoms with Crippen LogP contribution in [0.4, 0.5) is 5.82 Å². The minimum Gasteiger partial charge on any atom is -0.480 e. The third-order valence-corrected chi connectivity index (χ3v) is 2.78. The zero-order valence-electron chi connectivity index (χ0n) is 9.88. The van der Waals surface area contributed by atoms with Gasteiger partial charge in [0.05, 0.1) is 16.8 Å². The lowest BCUT2D eigenvalue weighted by Crippen LogP contribution is -2.14. The SMILES string of the molecule is O=C(O)Cn1ncc(NC(=O)c2ccc(Cl)cc2Cl)n1. The Morgan fingerprint density at radius 2 is 2.10 bits per heavy atom. The average molecular weight is 315 g/mol. The maximum absolute atomic E-state index is 11.9. The molecule has 1 heterocycles. The second-order valence-corrected chi connectivity index (χ2v) is 4.58. The van der Waals surface area contributed by atoms with Gasteiger partial charge in [-0.3, -0.25) is 9.59 Å². The Kier molecular flexibility index (Phi) is 4.21. The number of carboxylic acid groups (broad SMARTS) is 1. The Balaban J connectivity index is 2.11. The largest absolute Gasteiger partial charge is 0.480 e. The number of benzene rings is 1. The molecule has 0 atom stereocenters. The van der Waals surface area contributed by atoms with Crippen molar-refractivity contribution in [2.75, 3.05) is 5.32 Å². The highest BCUT2D eigenvalue weighted by atomic mass is 35.5. The Hall–Kier alpha value is -2.12. The Labute approximate surface area is 123 Å². The smallest absolute Gasteiger partial charge is 0.327 e. The number of hydrogen-bond donors (Lipinski definition) is 2. The van der Waals surface area contributed by atoms with E-state index in [-0.39, 0.29) is 16.4 Å². The summed E-state index contributed by atoms with van der Waals surface area (Å²) >= 11 is 11.6. The topological polar surface area (TPSA) is 97.1 Å². The Bertz CT molecular complexity index is 671. The summed E-state index contributed by atoms with van der Waals surface area (Å²) in [6, 6.07) is 4.45. The van der Waals surface area contributed by atoms with Gasteiger partial charge in [0.2, 0.25) is 0 Å². The molecule has 0 saturated heterocycles. The molecule has 0 aliphatic carbocycles. The van der Waals surface area contributed by atoms with Crippen LogP contribution < -0.4 is 5.32 Å². The molecule has 2 rings (SSSR count). The van der Waals surface area contributed by atoms with Crippen molar-refractivity contribution < 1.29 is 14.7 Å². The number of carbonyl (C=O) groups is 2. The predicted molar refractivity (Wildman–Crippen MR) is 72.1 cm³/mol. The quantitative estimate of drug-likeness (QED) is 0.898. The van der Waals surface area contributed by atoms with Gasteiger partial charge in [0.25, 0.3) is 5.91 Å². The van der Waals surface area contributed by atoms with Gasteiger partial charge >= 0.3 is 5.97 Å². The number of anilines is 1. The lowest BCUT2D eigenvalue weighted by atomic mass is 10.2. The number of nitrogens with zero attached hydrogens (tertiary/aromatic N) is 3. The summed E-state index contributed by atoms with van der Waals surface area (Å²) in [5.41, 5.74) is 0.226. The van der Waals surface area contributed by atoms with Crippen molar-refractivity contribution in [3.63, 3.8) is 0 Å². The van der Waals surface area contributed by atoms with Crippen LogP contribution in [-0.2, 0) is 11.3 Å². The first-order valence-electron chi connectivity index (χ1n) is 5.34. The number of amides is 1. The van der Waals surface area contributed by atoms with E-state index in [1.165, 1.54) is 24.4 Å². The van der Waals surface area contributed by atoms with Crippen LogP contribution in [0.3, 0.4) is 0 Å². The highest BCUT2D eigenvalue weighted by molar-refractivity contribution is 6.37. The zero-order chi connectivity index (χ0) is 14.7. The lowest BCUT2D eigenvalue weighted by molar-refractivity contribution is -0.138. The molecule has 0 aliphatic heterocycles. The van der Waals surface area contributed by atoms with E-state index in [2.05, 4.69) is 15.5 Å². The Morgan fingerprint density at radius 3 is 2.75 bits per heavy atom. The molecule has 0 fully saturated rings. The fraction of sp³-hybridized carbons (Fsp3) is 0.0909. The molecule has 1 amide bonds. The second kappa shape index (κ2) is 5.89. The number of aromatic nitrogens is 3. The molecular weight excluding hydrogens is 307 g/mol. The number of aliphatic carboxylic acids is 1. The van der Waals surface area contributed by atoms with Crippen molar-refractivity contribution in [2.24, 2.45) is 0 Å². The van der Waals surface area contributed by atoms with E-state index < -0.39 is 18.4 Å². The van der Waals surface area contributed by atoms with Gasteiger partial charge in [-0.15, -0.1) is 5.10 Å². The third-order valence-electron chi connectivity index (χ3n) is 2.23. The molecule has 20 heavy (non-hydrogen) atoms. The van der Waals surface area contributed by atoms with Crippen LogP contribution in [0.5, 0.6) is 0 Å². The van der Waals surface area contributed by atoms with Crippen LogP contribution in [0.15, 0.2) is 24.4 Å². The van der Waals surface area contributed by atoms with E-state index in [4.69, 9.17) is 28.3 Å². The maximum atomic E-state index is 11.9. The van der Waals surface area contributed by atoms with E-state index in [1.54, 1.807) is 0 Å². The molecule has 0 unspecified atom stereocenters. The summed E-state index contributed by atoms with van der Waals surface area (Å²) in [6.45, 7) is -0.391. The van der Waals surface area contributed by atoms with Crippen molar-refractivity contribution in [3.05, 3.63) is 40.0 Å². The number of hydrogen-bond acceptors (Lipinski definition) is 4. The summed E-state index contributed by atoms with van der Waals surface area (Å²) in [4.78, 5) is 23.4. The van der Waals surface area contributed by atoms with Gasteiger partial charge in [0, 0.05) is 5.02 Å². The van der Waals surface area contributed by atoms with E-state index in [0.29, 0.717) is 5.02 Å². The van der Waals surface area contributed by atoms with Gasteiger partial charge < -0.3 is 10.4 Å². The predicted octanol–water partition coefficient (Wildman–Crippen LogP) is 1.92. The second-order valence-electron chi connectivity index (χ2n) is 3.73. The van der Waals surface area contributed by atoms with E-state index in [1.807, 2.05) is 0 Å². The van der Waals surface area contributed by atoms with Gasteiger partial charge in [-0.1, -0.05) is 23.2 Å². The number of carbonyl (C=O) groups excluding carboxylic acids is 1. The van der Waals surface area contributed by atoms with Crippen LogP contribution in [0.1, 0.15) is 10.4 Å². The van der Waals surface area contributed by atoms with Gasteiger partial charge in [0.1, 0.15) is 0 Å². The molecule has 2 aromatic rings. The fourth-order valence-corrected chi connectivity index (χ4v) is 1.90. The first-order chi connectivity index (χ1) is 9.45. The van der Waals surface area contributed by atoms with Crippen LogP contribution >= 0.6 is 23.2 Å². The van der Waals surface area contributed by atoms with Crippen molar-refractivity contribution in [1.82, 2.24) is 15.0 Å². The summed E-state index contributed by atoms with van der Waals surface area (Å²) in [7, 11) is 0. The summed E-state index contributed by atoms with van der Waals surface area (Å²) < 4.78 is 0. The van der Waals surface area contributed by atoms with Gasteiger partial charge in [-0.2, -0.15) is 9.90 Å². The normalized spacial score (nSPS) is 10.3. The fourth-order valence-electron chi connectivity index (χ4n) is 1.41. The molecule has 9 heteroatoms. The lowest BCUT2D eigenvalue weighted by Gasteiger charge is -2.04. The van der Waals surface area contributed by atoms with E-state index in [0.717, 1.165) is 4.80 Å². The van der Waals surface area contributed by atoms with Gasteiger partial charge in [-0.05, 0) is 18.2 Å². The molecule has 0 saturated carbocycles.